The third-order valence-electron chi connectivity index (χ3n) is 4.22. The summed E-state index contributed by atoms with van der Waals surface area (Å²) in [5, 5.41) is 9.18. The molecule has 17 heavy (non-hydrogen) atoms. The number of carbonyl (C=O) groups is 1. The summed E-state index contributed by atoms with van der Waals surface area (Å²) < 4.78 is 0. The Balaban J connectivity index is 1.91. The van der Waals surface area contributed by atoms with E-state index in [9.17, 15) is 10.1 Å². The van der Waals surface area contributed by atoms with Gasteiger partial charge in [-0.1, -0.05) is 20.8 Å². The highest BCUT2D eigenvalue weighted by Gasteiger charge is 2.50. The van der Waals surface area contributed by atoms with Crippen molar-refractivity contribution >= 4 is 5.91 Å². The van der Waals surface area contributed by atoms with E-state index >= 15 is 0 Å². The highest BCUT2D eigenvalue weighted by Crippen LogP contribution is 2.54. The van der Waals surface area contributed by atoms with E-state index in [2.05, 4.69) is 6.07 Å². The van der Waals surface area contributed by atoms with Crippen molar-refractivity contribution in [3.8, 4) is 6.07 Å². The molecule has 1 aliphatic heterocycles. The molecule has 1 saturated carbocycles. The van der Waals surface area contributed by atoms with Gasteiger partial charge in [-0.05, 0) is 31.6 Å². The van der Waals surface area contributed by atoms with Gasteiger partial charge in [0.15, 0.2) is 0 Å². The number of carbonyl (C=O) groups excluding carboxylic acids is 1. The van der Waals surface area contributed by atoms with Crippen LogP contribution in [0.25, 0.3) is 0 Å². The molecule has 1 saturated heterocycles. The number of hydrogen-bond donors (Lipinski definition) is 0. The maximum Gasteiger partial charge on any atom is 0.227 e. The summed E-state index contributed by atoms with van der Waals surface area (Å²) in [7, 11) is 0. The normalized spacial score (nSPS) is 24.2. The lowest BCUT2D eigenvalue weighted by atomic mass is 9.82. The van der Waals surface area contributed by atoms with Crippen LogP contribution in [-0.4, -0.2) is 23.9 Å². The maximum atomic E-state index is 12.1. The summed E-state index contributed by atoms with van der Waals surface area (Å²) in [6, 6.07) is 2.49. The smallest absolute Gasteiger partial charge is 0.227 e. The van der Waals surface area contributed by atoms with Gasteiger partial charge in [0.05, 0.1) is 11.5 Å². The van der Waals surface area contributed by atoms with Crippen molar-refractivity contribution in [1.29, 1.82) is 5.26 Å². The van der Waals surface area contributed by atoms with Gasteiger partial charge in [0.25, 0.3) is 0 Å². The first-order valence-corrected chi connectivity index (χ1v) is 6.60. The van der Waals surface area contributed by atoms with Gasteiger partial charge in [0.2, 0.25) is 5.91 Å². The van der Waals surface area contributed by atoms with E-state index in [4.69, 9.17) is 0 Å². The molecule has 3 nitrogen and oxygen atoms in total. The minimum Gasteiger partial charge on any atom is -0.342 e. The minimum atomic E-state index is -0.278. The lowest BCUT2D eigenvalue weighted by Gasteiger charge is -2.37. The predicted octanol–water partition coefficient (Wildman–Crippen LogP) is 2.57. The second-order valence-corrected chi connectivity index (χ2v) is 6.58. The third kappa shape index (κ3) is 2.31. The van der Waals surface area contributed by atoms with Crippen LogP contribution in [0.2, 0.25) is 0 Å². The minimum absolute atomic E-state index is 0.0170. The number of hydrogen-bond acceptors (Lipinski definition) is 2. The topological polar surface area (TPSA) is 44.1 Å². The molecular formula is C14H22N2O. The van der Waals surface area contributed by atoms with Crippen molar-refractivity contribution < 1.29 is 4.79 Å². The molecule has 0 unspecified atom stereocenters. The standard InChI is InChI=1S/C14H22N2O/c1-13(2,3)12(17)16-8-4-11(5-9-16)14(10-15)6-7-14/h11H,4-9H2,1-3H3. The Labute approximate surface area is 104 Å². The van der Waals surface area contributed by atoms with Crippen LogP contribution in [0.5, 0.6) is 0 Å². The second-order valence-electron chi connectivity index (χ2n) is 6.58. The van der Waals surface area contributed by atoms with E-state index in [-0.39, 0.29) is 16.7 Å². The summed E-state index contributed by atoms with van der Waals surface area (Å²) in [5.41, 5.74) is -0.295. The third-order valence-corrected chi connectivity index (χ3v) is 4.22. The fourth-order valence-corrected chi connectivity index (χ4v) is 2.86. The number of rotatable bonds is 1. The van der Waals surface area contributed by atoms with Gasteiger partial charge in [0, 0.05) is 18.5 Å². The van der Waals surface area contributed by atoms with Crippen molar-refractivity contribution in [2.24, 2.45) is 16.7 Å². The molecule has 2 fully saturated rings. The molecule has 3 heteroatoms. The Kier molecular flexibility index (Phi) is 2.93. The zero-order chi connectivity index (χ0) is 12.7. The Morgan fingerprint density at radius 3 is 2.18 bits per heavy atom. The van der Waals surface area contributed by atoms with Gasteiger partial charge in [-0.3, -0.25) is 4.79 Å². The SMILES string of the molecule is CC(C)(C)C(=O)N1CCC(C2(C#N)CC2)CC1. The Bertz CT molecular complexity index is 349. The molecule has 0 radical (unpaired) electrons. The van der Waals surface area contributed by atoms with Crippen LogP contribution in [-0.2, 0) is 4.79 Å². The molecule has 1 amide bonds. The fourth-order valence-electron chi connectivity index (χ4n) is 2.86. The van der Waals surface area contributed by atoms with Gasteiger partial charge < -0.3 is 4.90 Å². The van der Waals surface area contributed by atoms with E-state index in [1.807, 2.05) is 25.7 Å². The van der Waals surface area contributed by atoms with Crippen LogP contribution >= 0.6 is 0 Å². The number of nitrogens with zero attached hydrogens (tertiary/aromatic N) is 2. The number of nitriles is 1. The van der Waals surface area contributed by atoms with E-state index in [0.717, 1.165) is 38.8 Å². The van der Waals surface area contributed by atoms with Crippen molar-refractivity contribution in [2.75, 3.05) is 13.1 Å². The van der Waals surface area contributed by atoms with Crippen molar-refractivity contribution in [1.82, 2.24) is 4.90 Å². The zero-order valence-corrected chi connectivity index (χ0v) is 11.1. The van der Waals surface area contributed by atoms with E-state index in [0.29, 0.717) is 5.92 Å². The van der Waals surface area contributed by atoms with Gasteiger partial charge in [-0.2, -0.15) is 5.26 Å². The quantitative estimate of drug-likeness (QED) is 0.700. The second kappa shape index (κ2) is 4.01. The first-order valence-electron chi connectivity index (χ1n) is 6.60. The monoisotopic (exact) mass is 234 g/mol. The highest BCUT2D eigenvalue weighted by molar-refractivity contribution is 5.81. The first kappa shape index (κ1) is 12.4. The molecule has 0 aromatic heterocycles. The summed E-state index contributed by atoms with van der Waals surface area (Å²) >= 11 is 0. The molecule has 94 valence electrons. The average Bonchev–Trinajstić information content (AvgIpc) is 3.08. The predicted molar refractivity (Wildman–Crippen MR) is 66.0 cm³/mol. The first-order chi connectivity index (χ1) is 7.89. The van der Waals surface area contributed by atoms with Crippen molar-refractivity contribution in [3.63, 3.8) is 0 Å². The summed E-state index contributed by atoms with van der Waals surface area (Å²) in [5.74, 6) is 0.772. The average molecular weight is 234 g/mol. The molecule has 0 atom stereocenters. The molecule has 0 aromatic rings. The van der Waals surface area contributed by atoms with Crippen molar-refractivity contribution in [3.05, 3.63) is 0 Å². The summed E-state index contributed by atoms with van der Waals surface area (Å²) in [4.78, 5) is 14.1. The Hall–Kier alpha value is -1.04. The number of amides is 1. The molecule has 1 aliphatic carbocycles. The largest absolute Gasteiger partial charge is 0.342 e. The molecule has 0 spiro atoms. The zero-order valence-electron chi connectivity index (χ0n) is 11.1. The maximum absolute atomic E-state index is 12.1. The summed E-state index contributed by atoms with van der Waals surface area (Å²) in [6.07, 6.45) is 4.16. The molecule has 2 aliphatic rings. The number of piperidine rings is 1. The molecule has 1 heterocycles. The van der Waals surface area contributed by atoms with E-state index in [1.165, 1.54) is 0 Å². The Morgan fingerprint density at radius 2 is 1.82 bits per heavy atom. The van der Waals surface area contributed by atoms with Crippen LogP contribution < -0.4 is 0 Å². The molecular weight excluding hydrogens is 212 g/mol. The lowest BCUT2D eigenvalue weighted by Crippen LogP contribution is -2.45. The molecule has 2 rings (SSSR count). The van der Waals surface area contributed by atoms with E-state index in [1.54, 1.807) is 0 Å². The van der Waals surface area contributed by atoms with Crippen LogP contribution in [0.1, 0.15) is 46.5 Å². The lowest BCUT2D eigenvalue weighted by molar-refractivity contribution is -0.141. The van der Waals surface area contributed by atoms with E-state index < -0.39 is 0 Å². The summed E-state index contributed by atoms with van der Waals surface area (Å²) in [6.45, 7) is 7.59. The van der Waals surface area contributed by atoms with Gasteiger partial charge in [-0.15, -0.1) is 0 Å². The Morgan fingerprint density at radius 1 is 1.29 bits per heavy atom. The van der Waals surface area contributed by atoms with Crippen LogP contribution in [0, 0.1) is 28.1 Å². The highest BCUT2D eigenvalue weighted by atomic mass is 16.2. The van der Waals surface area contributed by atoms with Crippen LogP contribution in [0.15, 0.2) is 0 Å². The number of likely N-dealkylation sites (tertiary alicyclic amines) is 1. The molecule has 0 aromatic carbocycles. The van der Waals surface area contributed by atoms with Crippen LogP contribution in [0.4, 0.5) is 0 Å². The van der Waals surface area contributed by atoms with Gasteiger partial charge in [-0.25, -0.2) is 0 Å². The fraction of sp³-hybridized carbons (Fsp3) is 0.857. The van der Waals surface area contributed by atoms with Crippen LogP contribution in [0.3, 0.4) is 0 Å². The molecule has 0 bridgehead atoms. The van der Waals surface area contributed by atoms with Crippen molar-refractivity contribution in [2.45, 2.75) is 46.5 Å². The molecule has 0 N–H and O–H groups in total. The van der Waals surface area contributed by atoms with Gasteiger partial charge in [0.1, 0.15) is 0 Å². The van der Waals surface area contributed by atoms with Gasteiger partial charge >= 0.3 is 0 Å².